The molecule has 0 aromatic rings. The van der Waals surface area contributed by atoms with Gasteiger partial charge in [0.05, 0.1) is 6.04 Å². The first-order chi connectivity index (χ1) is 8.77. The molecular formula is C16H25NO. The summed E-state index contributed by atoms with van der Waals surface area (Å²) in [5.74, 6) is 1.16. The number of hydrogen-bond donors (Lipinski definition) is 0. The molecule has 0 bridgehead atoms. The Morgan fingerprint density at radius 1 is 1.17 bits per heavy atom. The van der Waals surface area contributed by atoms with E-state index in [0.29, 0.717) is 12.1 Å². The summed E-state index contributed by atoms with van der Waals surface area (Å²) >= 11 is 0. The maximum absolute atomic E-state index is 6.10. The lowest BCUT2D eigenvalue weighted by molar-refractivity contribution is -0.144. The minimum Gasteiger partial charge on any atom is -0.410 e. The lowest BCUT2D eigenvalue weighted by atomic mass is 9.89. The van der Waals surface area contributed by atoms with Crippen molar-refractivity contribution in [2.45, 2.75) is 77.3 Å². The first-order valence-electron chi connectivity index (χ1n) is 7.64. The van der Waals surface area contributed by atoms with Crippen LogP contribution in [0.4, 0.5) is 0 Å². The van der Waals surface area contributed by atoms with Gasteiger partial charge in [-0.05, 0) is 57.9 Å². The van der Waals surface area contributed by atoms with Crippen molar-refractivity contribution in [1.82, 2.24) is 5.06 Å². The van der Waals surface area contributed by atoms with E-state index in [9.17, 15) is 0 Å². The maximum atomic E-state index is 6.10. The van der Waals surface area contributed by atoms with E-state index in [1.165, 1.54) is 56.9 Å². The fourth-order valence-corrected chi connectivity index (χ4v) is 3.83. The van der Waals surface area contributed by atoms with Crippen LogP contribution in [0.15, 0.2) is 23.0 Å². The van der Waals surface area contributed by atoms with Gasteiger partial charge in [0.2, 0.25) is 0 Å². The summed E-state index contributed by atoms with van der Waals surface area (Å²) in [6, 6.07) is 1.11. The van der Waals surface area contributed by atoms with E-state index in [4.69, 9.17) is 4.84 Å². The van der Waals surface area contributed by atoms with Crippen LogP contribution in [-0.4, -0.2) is 17.1 Å². The average Bonchev–Trinajstić information content (AvgIpc) is 2.99. The van der Waals surface area contributed by atoms with Crippen molar-refractivity contribution in [3.63, 3.8) is 0 Å². The smallest absolute Gasteiger partial charge is 0.126 e. The highest BCUT2D eigenvalue weighted by atomic mass is 16.7. The molecule has 1 saturated carbocycles. The highest BCUT2D eigenvalue weighted by Gasteiger charge is 2.37. The van der Waals surface area contributed by atoms with Gasteiger partial charge in [-0.15, -0.1) is 5.06 Å². The Balaban J connectivity index is 1.77. The van der Waals surface area contributed by atoms with E-state index in [1.807, 2.05) is 0 Å². The molecule has 1 heterocycles. The van der Waals surface area contributed by atoms with Crippen LogP contribution in [0, 0.1) is 0 Å². The second-order valence-electron chi connectivity index (χ2n) is 6.01. The van der Waals surface area contributed by atoms with E-state index in [-0.39, 0.29) is 0 Å². The van der Waals surface area contributed by atoms with Crippen molar-refractivity contribution in [2.75, 3.05) is 0 Å². The fourth-order valence-electron chi connectivity index (χ4n) is 3.83. The predicted octanol–water partition coefficient (Wildman–Crippen LogP) is 4.34. The van der Waals surface area contributed by atoms with Crippen LogP contribution < -0.4 is 0 Å². The molecule has 1 aliphatic heterocycles. The van der Waals surface area contributed by atoms with Gasteiger partial charge in [-0.25, -0.2) is 0 Å². The zero-order valence-electron chi connectivity index (χ0n) is 11.7. The number of rotatable bonds is 2. The van der Waals surface area contributed by atoms with Gasteiger partial charge in [-0.3, -0.25) is 0 Å². The molecular weight excluding hydrogens is 222 g/mol. The summed E-state index contributed by atoms with van der Waals surface area (Å²) in [5.41, 5.74) is 3.05. The summed E-state index contributed by atoms with van der Waals surface area (Å²) in [5, 5.41) is 2.28. The van der Waals surface area contributed by atoms with E-state index < -0.39 is 0 Å². The molecule has 0 aromatic heterocycles. The van der Waals surface area contributed by atoms with Gasteiger partial charge in [0.25, 0.3) is 0 Å². The molecule has 0 saturated heterocycles. The largest absolute Gasteiger partial charge is 0.410 e. The second kappa shape index (κ2) is 5.08. The molecule has 1 unspecified atom stereocenters. The highest BCUT2D eigenvalue weighted by molar-refractivity contribution is 5.39. The molecule has 1 fully saturated rings. The summed E-state index contributed by atoms with van der Waals surface area (Å²) in [6.07, 6.45) is 13.0. The third kappa shape index (κ3) is 2.11. The molecule has 0 amide bonds. The number of hydroxylamine groups is 2. The quantitative estimate of drug-likeness (QED) is 0.719. The number of hydrogen-bond acceptors (Lipinski definition) is 2. The monoisotopic (exact) mass is 247 g/mol. The molecule has 2 aliphatic carbocycles. The topological polar surface area (TPSA) is 12.5 Å². The van der Waals surface area contributed by atoms with Crippen LogP contribution in [0.3, 0.4) is 0 Å². The molecule has 0 radical (unpaired) electrons. The van der Waals surface area contributed by atoms with Gasteiger partial charge in [0, 0.05) is 11.6 Å². The summed E-state index contributed by atoms with van der Waals surface area (Å²) < 4.78 is 0. The number of nitrogens with zero attached hydrogens (tertiary/aromatic N) is 1. The molecule has 0 N–H and O–H groups in total. The molecule has 100 valence electrons. The highest BCUT2D eigenvalue weighted by Crippen LogP contribution is 2.39. The molecule has 18 heavy (non-hydrogen) atoms. The van der Waals surface area contributed by atoms with Crippen LogP contribution >= 0.6 is 0 Å². The second-order valence-corrected chi connectivity index (χ2v) is 6.01. The molecule has 0 spiro atoms. The minimum absolute atomic E-state index is 0.456. The summed E-state index contributed by atoms with van der Waals surface area (Å²) in [6.45, 7) is 4.47. The van der Waals surface area contributed by atoms with E-state index in [0.717, 1.165) is 5.76 Å². The standard InChI is InChI=1S/C16H25NO/c1-12-16(14-8-4-3-5-9-14)13(2)18-17(12)15-10-6-7-11-15/h8,12,15H,3-7,9-11H2,1-2H3. The Morgan fingerprint density at radius 3 is 2.61 bits per heavy atom. The Bertz CT molecular complexity index is 377. The van der Waals surface area contributed by atoms with Crippen molar-refractivity contribution < 1.29 is 4.84 Å². The molecule has 3 rings (SSSR count). The molecule has 3 aliphatic rings. The van der Waals surface area contributed by atoms with Crippen LogP contribution in [0.5, 0.6) is 0 Å². The summed E-state index contributed by atoms with van der Waals surface area (Å²) in [4.78, 5) is 6.10. The van der Waals surface area contributed by atoms with Gasteiger partial charge < -0.3 is 4.84 Å². The van der Waals surface area contributed by atoms with Crippen molar-refractivity contribution in [3.05, 3.63) is 23.0 Å². The first kappa shape index (κ1) is 12.3. The Morgan fingerprint density at radius 2 is 1.94 bits per heavy atom. The predicted molar refractivity (Wildman–Crippen MR) is 73.9 cm³/mol. The fraction of sp³-hybridized carbons (Fsp3) is 0.750. The third-order valence-corrected chi connectivity index (χ3v) is 4.74. The Labute approximate surface area is 111 Å². The Hall–Kier alpha value is -0.760. The maximum Gasteiger partial charge on any atom is 0.126 e. The van der Waals surface area contributed by atoms with Gasteiger partial charge in [0.15, 0.2) is 0 Å². The lowest BCUT2D eigenvalue weighted by Gasteiger charge is -2.28. The zero-order chi connectivity index (χ0) is 12.5. The van der Waals surface area contributed by atoms with E-state index >= 15 is 0 Å². The molecule has 0 aromatic carbocycles. The zero-order valence-corrected chi connectivity index (χ0v) is 11.7. The average molecular weight is 247 g/mol. The van der Waals surface area contributed by atoms with Gasteiger partial charge >= 0.3 is 0 Å². The lowest BCUT2D eigenvalue weighted by Crippen LogP contribution is -2.36. The van der Waals surface area contributed by atoms with Crippen molar-refractivity contribution in [1.29, 1.82) is 0 Å². The van der Waals surface area contributed by atoms with Crippen LogP contribution in [0.1, 0.15) is 65.2 Å². The normalized spacial score (nSPS) is 30.8. The SMILES string of the molecule is CC1=C(C2=CCCCC2)C(C)N(C2CCCC2)O1. The van der Waals surface area contributed by atoms with Crippen molar-refractivity contribution in [2.24, 2.45) is 0 Å². The Kier molecular flexibility index (Phi) is 3.47. The van der Waals surface area contributed by atoms with Crippen LogP contribution in [-0.2, 0) is 4.84 Å². The third-order valence-electron chi connectivity index (χ3n) is 4.74. The van der Waals surface area contributed by atoms with Crippen LogP contribution in [0.25, 0.3) is 0 Å². The molecule has 1 atom stereocenters. The van der Waals surface area contributed by atoms with Gasteiger partial charge in [-0.2, -0.15) is 0 Å². The molecule has 2 nitrogen and oxygen atoms in total. The first-order valence-corrected chi connectivity index (χ1v) is 7.64. The van der Waals surface area contributed by atoms with E-state index in [2.05, 4.69) is 25.0 Å². The summed E-state index contributed by atoms with van der Waals surface area (Å²) in [7, 11) is 0. The molecule has 2 heteroatoms. The van der Waals surface area contributed by atoms with Gasteiger partial charge in [0.1, 0.15) is 5.76 Å². The van der Waals surface area contributed by atoms with Gasteiger partial charge in [-0.1, -0.05) is 18.9 Å². The minimum atomic E-state index is 0.456. The van der Waals surface area contributed by atoms with E-state index in [1.54, 1.807) is 5.57 Å². The number of allylic oxidation sites excluding steroid dienone is 2. The van der Waals surface area contributed by atoms with Crippen molar-refractivity contribution >= 4 is 0 Å². The van der Waals surface area contributed by atoms with Crippen molar-refractivity contribution in [3.8, 4) is 0 Å². The van der Waals surface area contributed by atoms with Crippen LogP contribution in [0.2, 0.25) is 0 Å².